The molecule has 72 heavy (non-hydrogen) atoms. The van der Waals surface area contributed by atoms with Crippen molar-refractivity contribution >= 4 is 11.9 Å². The normalized spacial score (nSPS) is 12.7. The summed E-state index contributed by atoms with van der Waals surface area (Å²) in [4.78, 5) is 24.5. The van der Waals surface area contributed by atoms with Gasteiger partial charge in [-0.15, -0.1) is 0 Å². The predicted molar refractivity (Wildman–Crippen MR) is 315 cm³/mol. The summed E-state index contributed by atoms with van der Waals surface area (Å²) in [5.41, 5.74) is 0. The number of esters is 1. The lowest BCUT2D eigenvalue weighted by molar-refractivity contribution is -0.143. The molecule has 0 spiro atoms. The largest absolute Gasteiger partial charge is 0.466 e. The Balaban J connectivity index is 3.34. The maximum absolute atomic E-state index is 12.5. The van der Waals surface area contributed by atoms with Gasteiger partial charge in [-0.05, 0) is 57.8 Å². The second-order valence-electron chi connectivity index (χ2n) is 22.5. The number of carbonyl (C=O) groups excluding carboxylic acids is 2. The fourth-order valence-corrected chi connectivity index (χ4v) is 10.3. The molecule has 1 amide bonds. The Labute approximate surface area is 450 Å². The van der Waals surface area contributed by atoms with Crippen molar-refractivity contribution in [2.45, 2.75) is 373 Å². The Kier molecular flexibility index (Phi) is 60.5. The van der Waals surface area contributed by atoms with Crippen LogP contribution in [0.1, 0.15) is 361 Å². The molecule has 426 valence electrons. The first-order valence-corrected chi connectivity index (χ1v) is 32.6. The topological polar surface area (TPSA) is 95.9 Å². The number of ether oxygens (including phenoxy) is 1. The van der Waals surface area contributed by atoms with Gasteiger partial charge in [0.25, 0.3) is 0 Å². The Morgan fingerprint density at radius 3 is 1.08 bits per heavy atom. The smallest absolute Gasteiger partial charge is 0.305 e. The fourth-order valence-electron chi connectivity index (χ4n) is 10.3. The number of hydrogen-bond acceptors (Lipinski definition) is 5. The van der Waals surface area contributed by atoms with Gasteiger partial charge in [-0.2, -0.15) is 0 Å². The highest BCUT2D eigenvalue weighted by Crippen LogP contribution is 2.18. The van der Waals surface area contributed by atoms with Crippen LogP contribution in [0.4, 0.5) is 0 Å². The number of unbranched alkanes of at least 4 members (excludes halogenated alkanes) is 46. The summed E-state index contributed by atoms with van der Waals surface area (Å²) in [6, 6.07) is -0.538. The molecule has 0 aliphatic carbocycles. The van der Waals surface area contributed by atoms with Crippen LogP contribution in [-0.2, 0) is 14.3 Å². The Morgan fingerprint density at radius 2 is 0.694 bits per heavy atom. The van der Waals surface area contributed by atoms with Crippen molar-refractivity contribution in [3.63, 3.8) is 0 Å². The number of allylic oxidation sites excluding steroid dienone is 4. The van der Waals surface area contributed by atoms with Crippen molar-refractivity contribution in [2.24, 2.45) is 0 Å². The molecule has 0 aliphatic rings. The molecule has 0 aromatic heterocycles. The summed E-state index contributed by atoms with van der Waals surface area (Å²) in [6.07, 6.45) is 76.3. The average Bonchev–Trinajstić information content (AvgIpc) is 3.38. The monoisotopic (exact) mass is 1010 g/mol. The van der Waals surface area contributed by atoms with Gasteiger partial charge in [-0.1, -0.05) is 314 Å². The molecular formula is C66H127NO5. The fraction of sp³-hybridized carbons (Fsp3) is 0.909. The van der Waals surface area contributed by atoms with Gasteiger partial charge >= 0.3 is 5.97 Å². The zero-order chi connectivity index (χ0) is 52.2. The summed E-state index contributed by atoms with van der Waals surface area (Å²) in [5, 5.41) is 23.3. The molecule has 0 bridgehead atoms. The van der Waals surface area contributed by atoms with Crippen molar-refractivity contribution in [2.75, 3.05) is 13.2 Å². The highest BCUT2D eigenvalue weighted by molar-refractivity contribution is 5.76. The molecular weight excluding hydrogens is 887 g/mol. The highest BCUT2D eigenvalue weighted by Gasteiger charge is 2.20. The Morgan fingerprint density at radius 1 is 0.389 bits per heavy atom. The van der Waals surface area contributed by atoms with Crippen molar-refractivity contribution in [3.05, 3.63) is 24.3 Å². The van der Waals surface area contributed by atoms with Gasteiger partial charge in [0.2, 0.25) is 5.91 Å². The molecule has 6 heteroatoms. The summed E-state index contributed by atoms with van der Waals surface area (Å²) >= 11 is 0. The number of nitrogens with one attached hydrogen (secondary N) is 1. The second-order valence-corrected chi connectivity index (χ2v) is 22.5. The highest BCUT2D eigenvalue weighted by atomic mass is 16.5. The molecule has 0 aromatic rings. The second kappa shape index (κ2) is 61.9. The molecule has 2 atom stereocenters. The molecule has 2 unspecified atom stereocenters. The summed E-state index contributed by atoms with van der Waals surface area (Å²) in [7, 11) is 0. The van der Waals surface area contributed by atoms with E-state index in [2.05, 4.69) is 43.5 Å². The van der Waals surface area contributed by atoms with E-state index in [1.165, 1.54) is 276 Å². The van der Waals surface area contributed by atoms with Crippen LogP contribution < -0.4 is 5.32 Å². The number of rotatable bonds is 61. The lowest BCUT2D eigenvalue weighted by atomic mass is 10.0. The SMILES string of the molecule is CCCCC/C=C\C/C=C\CCCCCCCC(=O)OCCCCCCCCCCCCCCCCCCCCCCCCCCCCCC(=O)NC(CO)C(O)CCCCCCCCCCCCCCC. The number of carbonyl (C=O) groups is 2. The van der Waals surface area contributed by atoms with E-state index in [0.29, 0.717) is 25.9 Å². The summed E-state index contributed by atoms with van der Waals surface area (Å²) in [5.74, 6) is -0.0264. The van der Waals surface area contributed by atoms with Crippen molar-refractivity contribution in [3.8, 4) is 0 Å². The van der Waals surface area contributed by atoms with E-state index in [1.807, 2.05) is 0 Å². The van der Waals surface area contributed by atoms with E-state index in [9.17, 15) is 19.8 Å². The van der Waals surface area contributed by atoms with Gasteiger partial charge < -0.3 is 20.3 Å². The molecule has 0 rings (SSSR count). The zero-order valence-corrected chi connectivity index (χ0v) is 48.7. The third-order valence-electron chi connectivity index (χ3n) is 15.3. The molecule has 6 nitrogen and oxygen atoms in total. The molecule has 0 heterocycles. The van der Waals surface area contributed by atoms with Crippen molar-refractivity contribution in [1.82, 2.24) is 5.32 Å². The average molecular weight is 1010 g/mol. The lowest BCUT2D eigenvalue weighted by Gasteiger charge is -2.22. The minimum atomic E-state index is -0.661. The van der Waals surface area contributed by atoms with Crippen LogP contribution in [0.2, 0.25) is 0 Å². The maximum atomic E-state index is 12.5. The Hall–Kier alpha value is -1.66. The van der Waals surface area contributed by atoms with Crippen LogP contribution in [0.15, 0.2) is 24.3 Å². The minimum absolute atomic E-state index is 0.00441. The number of amides is 1. The zero-order valence-electron chi connectivity index (χ0n) is 48.7. The molecule has 0 aliphatic heterocycles. The molecule has 3 N–H and O–H groups in total. The van der Waals surface area contributed by atoms with Crippen LogP contribution >= 0.6 is 0 Å². The predicted octanol–water partition coefficient (Wildman–Crippen LogP) is 20.6. The summed E-state index contributed by atoms with van der Waals surface area (Å²) in [6.45, 7) is 4.94. The van der Waals surface area contributed by atoms with E-state index in [-0.39, 0.29) is 18.5 Å². The van der Waals surface area contributed by atoms with Gasteiger partial charge in [0.05, 0.1) is 25.4 Å². The lowest BCUT2D eigenvalue weighted by Crippen LogP contribution is -2.45. The molecule has 0 radical (unpaired) electrons. The van der Waals surface area contributed by atoms with E-state index in [0.717, 1.165) is 51.4 Å². The van der Waals surface area contributed by atoms with E-state index in [1.54, 1.807) is 0 Å². The first-order valence-electron chi connectivity index (χ1n) is 32.6. The molecule has 0 saturated heterocycles. The van der Waals surface area contributed by atoms with Crippen LogP contribution in [0.5, 0.6) is 0 Å². The van der Waals surface area contributed by atoms with Gasteiger partial charge in [-0.25, -0.2) is 0 Å². The van der Waals surface area contributed by atoms with Crippen LogP contribution in [-0.4, -0.2) is 47.4 Å². The summed E-state index contributed by atoms with van der Waals surface area (Å²) < 4.78 is 5.48. The van der Waals surface area contributed by atoms with Gasteiger partial charge in [0.1, 0.15) is 0 Å². The Bertz CT molecular complexity index is 1120. The van der Waals surface area contributed by atoms with Crippen molar-refractivity contribution < 1.29 is 24.5 Å². The first kappa shape index (κ1) is 70.3. The molecule has 0 aromatic carbocycles. The van der Waals surface area contributed by atoms with Crippen LogP contribution in [0.3, 0.4) is 0 Å². The molecule has 0 fully saturated rings. The van der Waals surface area contributed by atoms with E-state index >= 15 is 0 Å². The van der Waals surface area contributed by atoms with Gasteiger partial charge in [-0.3, -0.25) is 9.59 Å². The number of aliphatic hydroxyl groups is 2. The van der Waals surface area contributed by atoms with Gasteiger partial charge in [0.15, 0.2) is 0 Å². The van der Waals surface area contributed by atoms with E-state index < -0.39 is 12.1 Å². The van der Waals surface area contributed by atoms with Crippen LogP contribution in [0, 0.1) is 0 Å². The first-order chi connectivity index (χ1) is 35.5. The standard InChI is InChI=1S/C66H127NO5/c1-3-5-7-9-11-13-15-17-31-36-40-44-48-52-56-60-66(71)72-61-57-53-49-45-41-37-33-30-28-26-24-22-20-18-19-21-23-25-27-29-32-35-39-43-47-51-55-59-65(70)67-63(62-68)64(69)58-54-50-46-42-38-34-16-14-12-10-8-6-4-2/h11,13,17,31,63-64,68-69H,3-10,12,14-16,18-30,32-62H2,1-2H3,(H,67,70)/b13-11-,31-17-. The van der Waals surface area contributed by atoms with Crippen LogP contribution in [0.25, 0.3) is 0 Å². The van der Waals surface area contributed by atoms with Crippen molar-refractivity contribution in [1.29, 1.82) is 0 Å². The van der Waals surface area contributed by atoms with Gasteiger partial charge in [0, 0.05) is 12.8 Å². The number of hydrogen-bond donors (Lipinski definition) is 3. The minimum Gasteiger partial charge on any atom is -0.466 e. The maximum Gasteiger partial charge on any atom is 0.305 e. The third-order valence-corrected chi connectivity index (χ3v) is 15.3. The van der Waals surface area contributed by atoms with E-state index in [4.69, 9.17) is 4.74 Å². The number of aliphatic hydroxyl groups excluding tert-OH is 2. The molecule has 0 saturated carbocycles. The third kappa shape index (κ3) is 57.6. The quantitative estimate of drug-likeness (QED) is 0.0320.